The molecule has 3 aromatic heterocycles. The third kappa shape index (κ3) is 3.69. The number of carbonyl (C=O) groups excluding carboxylic acids is 1. The molecule has 7 nitrogen and oxygen atoms in total. The van der Waals surface area contributed by atoms with Gasteiger partial charge < -0.3 is 10.2 Å². The number of hydrogen-bond acceptors (Lipinski definition) is 7. The lowest BCUT2D eigenvalue weighted by atomic mass is 10.1. The number of halogens is 1. The predicted octanol–water partition coefficient (Wildman–Crippen LogP) is 3.06. The molecule has 0 aromatic carbocycles. The van der Waals surface area contributed by atoms with E-state index in [1.807, 2.05) is 0 Å². The first kappa shape index (κ1) is 17.4. The lowest BCUT2D eigenvalue weighted by molar-refractivity contribution is 0.0527. The van der Waals surface area contributed by atoms with Crippen molar-refractivity contribution in [1.82, 2.24) is 15.0 Å². The second-order valence-electron chi connectivity index (χ2n) is 4.65. The highest BCUT2D eigenvalue weighted by Gasteiger charge is 2.16. The Kier molecular flexibility index (Phi) is 5.86. The van der Waals surface area contributed by atoms with E-state index in [-0.39, 0.29) is 12.4 Å². The molecule has 0 aliphatic heterocycles. The highest BCUT2D eigenvalue weighted by atomic mass is 35.5. The summed E-state index contributed by atoms with van der Waals surface area (Å²) in [6.45, 7) is 2.05. The molecule has 8 heteroatoms. The van der Waals surface area contributed by atoms with Crippen molar-refractivity contribution in [3.63, 3.8) is 0 Å². The first-order chi connectivity index (χ1) is 11.3. The monoisotopic (exact) mass is 345 g/mol. The third-order valence-electron chi connectivity index (χ3n) is 3.18. The van der Waals surface area contributed by atoms with Gasteiger partial charge in [-0.25, -0.2) is 4.79 Å². The summed E-state index contributed by atoms with van der Waals surface area (Å²) in [6, 6.07) is 5.39. The number of nitrogens with one attached hydrogen (secondary N) is 2. The molecule has 0 saturated heterocycles. The molecule has 0 saturated carbocycles. The predicted molar refractivity (Wildman–Crippen MR) is 94.2 cm³/mol. The van der Waals surface area contributed by atoms with Crippen molar-refractivity contribution in [2.75, 3.05) is 17.5 Å². The van der Waals surface area contributed by atoms with Crippen LogP contribution in [0.25, 0.3) is 10.9 Å². The SMILES string of the molecule is CCOC(=O)c1cnc2ccncc2c1NNc1ccncc1.Cl. The molecular weight excluding hydrogens is 330 g/mol. The summed E-state index contributed by atoms with van der Waals surface area (Å²) >= 11 is 0. The van der Waals surface area contributed by atoms with E-state index in [2.05, 4.69) is 25.8 Å². The van der Waals surface area contributed by atoms with Gasteiger partial charge in [-0.05, 0) is 25.1 Å². The van der Waals surface area contributed by atoms with Crippen LogP contribution in [-0.4, -0.2) is 27.5 Å². The molecule has 3 aromatic rings. The Morgan fingerprint density at radius 1 is 1.08 bits per heavy atom. The van der Waals surface area contributed by atoms with Gasteiger partial charge >= 0.3 is 5.97 Å². The average molecular weight is 346 g/mol. The minimum atomic E-state index is -0.440. The van der Waals surface area contributed by atoms with Gasteiger partial charge in [0.25, 0.3) is 0 Å². The minimum absolute atomic E-state index is 0. The fourth-order valence-electron chi connectivity index (χ4n) is 2.10. The van der Waals surface area contributed by atoms with Crippen molar-refractivity contribution in [2.24, 2.45) is 0 Å². The zero-order chi connectivity index (χ0) is 16.1. The van der Waals surface area contributed by atoms with Crippen molar-refractivity contribution in [1.29, 1.82) is 0 Å². The Labute approximate surface area is 144 Å². The van der Waals surface area contributed by atoms with Gasteiger partial charge in [0.2, 0.25) is 0 Å². The summed E-state index contributed by atoms with van der Waals surface area (Å²) in [5.41, 5.74) is 8.54. The van der Waals surface area contributed by atoms with E-state index in [1.54, 1.807) is 49.9 Å². The van der Waals surface area contributed by atoms with Crippen LogP contribution in [0.15, 0.2) is 49.2 Å². The largest absolute Gasteiger partial charge is 0.462 e. The van der Waals surface area contributed by atoms with Gasteiger partial charge in [-0.1, -0.05) is 0 Å². The molecule has 0 spiro atoms. The highest BCUT2D eigenvalue weighted by molar-refractivity contribution is 6.04. The van der Waals surface area contributed by atoms with Crippen LogP contribution in [0.1, 0.15) is 17.3 Å². The van der Waals surface area contributed by atoms with E-state index < -0.39 is 5.97 Å². The number of carbonyl (C=O) groups is 1. The van der Waals surface area contributed by atoms with Crippen LogP contribution in [0, 0.1) is 0 Å². The lowest BCUT2D eigenvalue weighted by Gasteiger charge is -2.15. The Morgan fingerprint density at radius 3 is 2.58 bits per heavy atom. The Hall–Kier alpha value is -2.93. The molecule has 0 fully saturated rings. The van der Waals surface area contributed by atoms with Crippen LogP contribution >= 0.6 is 12.4 Å². The molecule has 2 N–H and O–H groups in total. The van der Waals surface area contributed by atoms with Gasteiger partial charge in [-0.3, -0.25) is 20.4 Å². The van der Waals surface area contributed by atoms with Crippen molar-refractivity contribution in [2.45, 2.75) is 6.92 Å². The normalized spacial score (nSPS) is 9.88. The third-order valence-corrected chi connectivity index (χ3v) is 3.18. The fourth-order valence-corrected chi connectivity index (χ4v) is 2.10. The van der Waals surface area contributed by atoms with Crippen LogP contribution in [-0.2, 0) is 4.74 Å². The van der Waals surface area contributed by atoms with E-state index in [9.17, 15) is 4.79 Å². The number of fused-ring (bicyclic) bond motifs is 1. The minimum Gasteiger partial charge on any atom is -0.462 e. The standard InChI is InChI=1S/C16H15N5O2.ClH/c1-2-23-16(22)13-10-19-14-5-8-18-9-12(14)15(13)21-20-11-3-6-17-7-4-11;/h3-10H,2H2,1H3,(H,17,20)(H,19,21);1H. The maximum absolute atomic E-state index is 12.2. The maximum Gasteiger partial charge on any atom is 0.341 e. The summed E-state index contributed by atoms with van der Waals surface area (Å²) in [4.78, 5) is 24.5. The maximum atomic E-state index is 12.2. The van der Waals surface area contributed by atoms with Crippen LogP contribution in [0.5, 0.6) is 0 Å². The van der Waals surface area contributed by atoms with Gasteiger partial charge in [0.05, 0.1) is 23.5 Å². The van der Waals surface area contributed by atoms with Crippen molar-refractivity contribution in [3.8, 4) is 0 Å². The molecular formula is C16H16ClN5O2. The molecule has 124 valence electrons. The Bertz CT molecular complexity index is 829. The molecule has 0 unspecified atom stereocenters. The smallest absolute Gasteiger partial charge is 0.341 e. The second-order valence-corrected chi connectivity index (χ2v) is 4.65. The summed E-state index contributed by atoms with van der Waals surface area (Å²) in [6.07, 6.45) is 8.14. The Balaban J connectivity index is 0.00000208. The molecule has 0 radical (unpaired) electrons. The van der Waals surface area contributed by atoms with Crippen LogP contribution in [0.2, 0.25) is 0 Å². The molecule has 3 rings (SSSR count). The molecule has 0 atom stereocenters. The van der Waals surface area contributed by atoms with E-state index in [0.717, 1.165) is 16.6 Å². The molecule has 24 heavy (non-hydrogen) atoms. The van der Waals surface area contributed by atoms with E-state index in [1.165, 1.54) is 6.20 Å². The number of pyridine rings is 3. The van der Waals surface area contributed by atoms with Gasteiger partial charge in [-0.15, -0.1) is 12.4 Å². The van der Waals surface area contributed by atoms with Gasteiger partial charge in [-0.2, -0.15) is 0 Å². The van der Waals surface area contributed by atoms with E-state index in [0.29, 0.717) is 17.9 Å². The van der Waals surface area contributed by atoms with Crippen LogP contribution in [0.4, 0.5) is 11.4 Å². The van der Waals surface area contributed by atoms with Crippen molar-refractivity contribution >= 4 is 40.7 Å². The second kappa shape index (κ2) is 8.07. The average Bonchev–Trinajstić information content (AvgIpc) is 2.60. The van der Waals surface area contributed by atoms with Crippen molar-refractivity contribution in [3.05, 3.63) is 54.7 Å². The molecule has 0 amide bonds. The highest BCUT2D eigenvalue weighted by Crippen LogP contribution is 2.26. The molecule has 3 heterocycles. The number of nitrogens with zero attached hydrogens (tertiary/aromatic N) is 3. The molecule has 0 aliphatic rings. The number of anilines is 2. The summed E-state index contributed by atoms with van der Waals surface area (Å²) in [5.74, 6) is -0.440. The Morgan fingerprint density at radius 2 is 1.83 bits per heavy atom. The number of hydrazine groups is 1. The number of aromatic nitrogens is 3. The summed E-state index contributed by atoms with van der Waals surface area (Å²) in [7, 11) is 0. The number of ether oxygens (including phenoxy) is 1. The number of esters is 1. The number of hydrogen-bond donors (Lipinski definition) is 2. The first-order valence-electron chi connectivity index (χ1n) is 7.11. The quantitative estimate of drug-likeness (QED) is 0.542. The first-order valence-corrected chi connectivity index (χ1v) is 7.11. The molecule has 0 bridgehead atoms. The number of rotatable bonds is 5. The van der Waals surface area contributed by atoms with Gasteiger partial charge in [0, 0.05) is 36.4 Å². The fraction of sp³-hybridized carbons (Fsp3) is 0.125. The zero-order valence-corrected chi connectivity index (χ0v) is 13.7. The summed E-state index contributed by atoms with van der Waals surface area (Å²) < 4.78 is 5.09. The topological polar surface area (TPSA) is 89.0 Å². The van der Waals surface area contributed by atoms with Crippen LogP contribution in [0.3, 0.4) is 0 Å². The van der Waals surface area contributed by atoms with E-state index >= 15 is 0 Å². The van der Waals surface area contributed by atoms with Crippen LogP contribution < -0.4 is 10.9 Å². The molecule has 0 aliphatic carbocycles. The van der Waals surface area contributed by atoms with Crippen molar-refractivity contribution < 1.29 is 9.53 Å². The lowest BCUT2D eigenvalue weighted by Crippen LogP contribution is -2.15. The van der Waals surface area contributed by atoms with Gasteiger partial charge in [0.1, 0.15) is 5.56 Å². The van der Waals surface area contributed by atoms with E-state index in [4.69, 9.17) is 4.74 Å². The zero-order valence-electron chi connectivity index (χ0n) is 12.9. The summed E-state index contributed by atoms with van der Waals surface area (Å²) in [5, 5.41) is 0.722. The van der Waals surface area contributed by atoms with Gasteiger partial charge in [0.15, 0.2) is 0 Å².